The summed E-state index contributed by atoms with van der Waals surface area (Å²) in [6, 6.07) is -0.134. The first-order valence-corrected chi connectivity index (χ1v) is 4.92. The lowest BCUT2D eigenvalue weighted by atomic mass is 10.2. The van der Waals surface area contributed by atoms with Crippen LogP contribution in [-0.2, 0) is 4.74 Å². The highest BCUT2D eigenvalue weighted by Gasteiger charge is 2.50. The van der Waals surface area contributed by atoms with E-state index in [0.29, 0.717) is 0 Å². The van der Waals surface area contributed by atoms with Gasteiger partial charge in [-0.2, -0.15) is 13.2 Å². The minimum Gasteiger partial charge on any atom is -0.361 e. The minimum atomic E-state index is -4.57. The smallest absolute Gasteiger partial charge is 0.361 e. The first kappa shape index (κ1) is 13.6. The van der Waals surface area contributed by atoms with Crippen LogP contribution in [0.5, 0.6) is 0 Å². The molecule has 0 bridgehead atoms. The summed E-state index contributed by atoms with van der Waals surface area (Å²) in [5.41, 5.74) is 0. The molecule has 1 aliphatic heterocycles. The van der Waals surface area contributed by atoms with Gasteiger partial charge in [0.2, 0.25) is 0 Å². The van der Waals surface area contributed by atoms with E-state index in [9.17, 15) is 22.0 Å². The third-order valence-corrected chi connectivity index (χ3v) is 2.46. The highest BCUT2D eigenvalue weighted by molar-refractivity contribution is 4.93. The van der Waals surface area contributed by atoms with Gasteiger partial charge in [0.15, 0.2) is 0 Å². The van der Waals surface area contributed by atoms with Crippen molar-refractivity contribution in [1.29, 1.82) is 0 Å². The van der Waals surface area contributed by atoms with Gasteiger partial charge >= 0.3 is 6.18 Å². The molecule has 0 aromatic carbocycles. The lowest BCUT2D eigenvalue weighted by molar-refractivity contribution is -0.206. The van der Waals surface area contributed by atoms with E-state index in [1.54, 1.807) is 13.8 Å². The molecule has 2 nitrogen and oxygen atoms in total. The Balaban J connectivity index is 2.54. The molecular formula is C9H14F5NO. The minimum absolute atomic E-state index is 0.134. The fourth-order valence-electron chi connectivity index (χ4n) is 1.55. The topological polar surface area (TPSA) is 12.5 Å². The van der Waals surface area contributed by atoms with Crippen molar-refractivity contribution in [2.45, 2.75) is 38.1 Å². The van der Waals surface area contributed by atoms with E-state index in [-0.39, 0.29) is 12.6 Å². The predicted molar refractivity (Wildman–Crippen MR) is 47.5 cm³/mol. The molecule has 0 radical (unpaired) electrons. The summed E-state index contributed by atoms with van der Waals surface area (Å²) in [7, 11) is 0. The van der Waals surface area contributed by atoms with Crippen molar-refractivity contribution >= 4 is 0 Å². The van der Waals surface area contributed by atoms with Crippen LogP contribution < -0.4 is 0 Å². The fraction of sp³-hybridized carbons (Fsp3) is 1.00. The van der Waals surface area contributed by atoms with Crippen molar-refractivity contribution in [2.75, 3.05) is 19.7 Å². The van der Waals surface area contributed by atoms with Crippen molar-refractivity contribution in [3.8, 4) is 0 Å². The molecule has 0 aromatic heterocycles. The van der Waals surface area contributed by atoms with Crippen LogP contribution in [0.3, 0.4) is 0 Å². The average Bonchev–Trinajstić information content (AvgIpc) is 2.36. The van der Waals surface area contributed by atoms with E-state index in [4.69, 9.17) is 0 Å². The summed E-state index contributed by atoms with van der Waals surface area (Å²) in [6.45, 7) is 1.08. The van der Waals surface area contributed by atoms with Gasteiger partial charge in [-0.3, -0.25) is 4.90 Å². The number of likely N-dealkylation sites (tertiary alicyclic amines) is 1. The standard InChI is InChI=1S/C9H14F5NO/c1-6(2)15-3-7(8(10,11)4-15)16-5-9(12,13)14/h6-7H,3-5H2,1-2H3. The Morgan fingerprint density at radius 2 is 1.94 bits per heavy atom. The van der Waals surface area contributed by atoms with Gasteiger partial charge < -0.3 is 4.74 Å². The van der Waals surface area contributed by atoms with Crippen LogP contribution in [0.2, 0.25) is 0 Å². The molecule has 0 aliphatic carbocycles. The number of alkyl halides is 5. The molecule has 16 heavy (non-hydrogen) atoms. The Labute approximate surface area is 90.4 Å². The third-order valence-electron chi connectivity index (χ3n) is 2.46. The molecule has 0 N–H and O–H groups in total. The largest absolute Gasteiger partial charge is 0.411 e. The SMILES string of the molecule is CC(C)N1CC(OCC(F)(F)F)C(F)(F)C1. The van der Waals surface area contributed by atoms with Gasteiger partial charge in [0.25, 0.3) is 5.92 Å². The molecule has 1 atom stereocenters. The summed E-state index contributed by atoms with van der Waals surface area (Å²) in [4.78, 5) is 1.40. The fourth-order valence-corrected chi connectivity index (χ4v) is 1.55. The first-order valence-electron chi connectivity index (χ1n) is 4.92. The van der Waals surface area contributed by atoms with Crippen molar-refractivity contribution in [1.82, 2.24) is 4.90 Å². The molecule has 0 amide bonds. The Hall–Kier alpha value is -0.430. The lowest BCUT2D eigenvalue weighted by Gasteiger charge is -2.19. The number of ether oxygens (including phenoxy) is 1. The average molecular weight is 247 g/mol. The molecule has 0 spiro atoms. The summed E-state index contributed by atoms with van der Waals surface area (Å²) < 4.78 is 66.3. The second-order valence-corrected chi connectivity index (χ2v) is 4.20. The van der Waals surface area contributed by atoms with Crippen molar-refractivity contribution in [3.63, 3.8) is 0 Å². The highest BCUT2D eigenvalue weighted by atomic mass is 19.4. The molecule has 1 fully saturated rings. The van der Waals surface area contributed by atoms with Gasteiger partial charge in [-0.15, -0.1) is 0 Å². The van der Waals surface area contributed by atoms with Gasteiger partial charge in [-0.05, 0) is 13.8 Å². The number of hydrogen-bond acceptors (Lipinski definition) is 2. The number of nitrogens with zero attached hydrogens (tertiary/aromatic N) is 1. The van der Waals surface area contributed by atoms with Crippen LogP contribution in [0.25, 0.3) is 0 Å². The second kappa shape index (κ2) is 4.44. The van der Waals surface area contributed by atoms with Gasteiger partial charge in [0.1, 0.15) is 12.7 Å². The molecule has 1 rings (SSSR count). The monoisotopic (exact) mass is 247 g/mol. The van der Waals surface area contributed by atoms with Crippen molar-refractivity contribution < 1.29 is 26.7 Å². The lowest BCUT2D eigenvalue weighted by Crippen LogP contribution is -2.36. The molecule has 1 saturated heterocycles. The molecule has 7 heteroatoms. The van der Waals surface area contributed by atoms with E-state index in [2.05, 4.69) is 4.74 Å². The summed E-state index contributed by atoms with van der Waals surface area (Å²) in [5, 5.41) is 0. The maximum atomic E-state index is 13.3. The Morgan fingerprint density at radius 1 is 1.38 bits per heavy atom. The highest BCUT2D eigenvalue weighted by Crippen LogP contribution is 2.32. The van der Waals surface area contributed by atoms with Crippen LogP contribution in [-0.4, -0.2) is 48.8 Å². The maximum Gasteiger partial charge on any atom is 0.411 e. The number of halogens is 5. The van der Waals surface area contributed by atoms with Crippen LogP contribution in [0.4, 0.5) is 22.0 Å². The first-order chi connectivity index (χ1) is 7.12. The quantitative estimate of drug-likeness (QED) is 0.709. The number of rotatable bonds is 3. The van der Waals surface area contributed by atoms with Gasteiger partial charge in [-0.25, -0.2) is 8.78 Å². The Bertz CT molecular complexity index is 241. The van der Waals surface area contributed by atoms with E-state index in [1.165, 1.54) is 4.90 Å². The molecule has 1 aliphatic rings. The zero-order valence-corrected chi connectivity index (χ0v) is 9.02. The van der Waals surface area contributed by atoms with Gasteiger partial charge in [-0.1, -0.05) is 0 Å². The maximum absolute atomic E-state index is 13.3. The van der Waals surface area contributed by atoms with E-state index >= 15 is 0 Å². The summed E-state index contributed by atoms with van der Waals surface area (Å²) >= 11 is 0. The zero-order chi connectivity index (χ0) is 12.6. The van der Waals surface area contributed by atoms with Crippen LogP contribution in [0.15, 0.2) is 0 Å². The molecule has 1 heterocycles. The van der Waals surface area contributed by atoms with Crippen molar-refractivity contribution in [3.05, 3.63) is 0 Å². The van der Waals surface area contributed by atoms with E-state index in [1.807, 2.05) is 0 Å². The van der Waals surface area contributed by atoms with Gasteiger partial charge in [0.05, 0.1) is 6.54 Å². The van der Waals surface area contributed by atoms with E-state index in [0.717, 1.165) is 0 Å². The normalized spacial score (nSPS) is 26.6. The van der Waals surface area contributed by atoms with Crippen LogP contribution in [0, 0.1) is 0 Å². The Morgan fingerprint density at radius 3 is 2.31 bits per heavy atom. The molecule has 0 saturated carbocycles. The van der Waals surface area contributed by atoms with Crippen molar-refractivity contribution in [2.24, 2.45) is 0 Å². The van der Waals surface area contributed by atoms with Crippen LogP contribution in [0.1, 0.15) is 13.8 Å². The summed E-state index contributed by atoms with van der Waals surface area (Å²) in [5.74, 6) is -3.21. The molecule has 96 valence electrons. The van der Waals surface area contributed by atoms with E-state index < -0.39 is 31.4 Å². The third kappa shape index (κ3) is 3.55. The van der Waals surface area contributed by atoms with Crippen LogP contribution >= 0.6 is 0 Å². The molecule has 1 unspecified atom stereocenters. The second-order valence-electron chi connectivity index (χ2n) is 4.20. The Kier molecular flexibility index (Phi) is 3.79. The van der Waals surface area contributed by atoms with Gasteiger partial charge in [0, 0.05) is 12.6 Å². The molecule has 0 aromatic rings. The predicted octanol–water partition coefficient (Wildman–Crippen LogP) is 2.29. The zero-order valence-electron chi connectivity index (χ0n) is 9.02. The summed E-state index contributed by atoms with van der Waals surface area (Å²) in [6.07, 6.45) is -6.24. The molecular weight excluding hydrogens is 233 g/mol. The number of hydrogen-bond donors (Lipinski definition) is 0.